The third-order valence-corrected chi connectivity index (χ3v) is 4.65. The SMILES string of the molecule is CCN(CC)CCC(N)Cc1c(Br)c(C)nn1CC. The maximum absolute atomic E-state index is 6.28. The summed E-state index contributed by atoms with van der Waals surface area (Å²) < 4.78 is 3.17. The van der Waals surface area contributed by atoms with Gasteiger partial charge in [0.2, 0.25) is 0 Å². The van der Waals surface area contributed by atoms with E-state index in [4.69, 9.17) is 5.73 Å². The molecule has 110 valence electrons. The molecule has 1 heterocycles. The molecule has 19 heavy (non-hydrogen) atoms. The zero-order valence-corrected chi connectivity index (χ0v) is 14.2. The number of hydrogen-bond acceptors (Lipinski definition) is 3. The number of aryl methyl sites for hydroxylation is 2. The predicted octanol–water partition coefficient (Wildman–Crippen LogP) is 2.58. The van der Waals surface area contributed by atoms with Crippen LogP contribution < -0.4 is 5.73 Å². The Morgan fingerprint density at radius 1 is 1.32 bits per heavy atom. The molecule has 0 aliphatic carbocycles. The van der Waals surface area contributed by atoms with Crippen LogP contribution >= 0.6 is 15.9 Å². The fourth-order valence-electron chi connectivity index (χ4n) is 2.30. The van der Waals surface area contributed by atoms with Crippen molar-refractivity contribution in [2.24, 2.45) is 5.73 Å². The van der Waals surface area contributed by atoms with Crippen LogP contribution in [0.4, 0.5) is 0 Å². The first-order valence-electron chi connectivity index (χ1n) is 7.23. The van der Waals surface area contributed by atoms with E-state index in [1.807, 2.05) is 6.92 Å². The van der Waals surface area contributed by atoms with Crippen LogP contribution in [0.5, 0.6) is 0 Å². The Hall–Kier alpha value is -0.390. The van der Waals surface area contributed by atoms with Crippen molar-refractivity contribution < 1.29 is 0 Å². The minimum absolute atomic E-state index is 0.193. The van der Waals surface area contributed by atoms with Gasteiger partial charge in [-0.3, -0.25) is 4.68 Å². The number of hydrogen-bond donors (Lipinski definition) is 1. The molecule has 1 aromatic rings. The Morgan fingerprint density at radius 3 is 2.47 bits per heavy atom. The first-order chi connectivity index (χ1) is 9.03. The summed E-state index contributed by atoms with van der Waals surface area (Å²) in [5.74, 6) is 0. The van der Waals surface area contributed by atoms with E-state index in [9.17, 15) is 0 Å². The average Bonchev–Trinajstić information content (AvgIpc) is 2.67. The molecule has 1 unspecified atom stereocenters. The quantitative estimate of drug-likeness (QED) is 0.796. The minimum Gasteiger partial charge on any atom is -0.327 e. The van der Waals surface area contributed by atoms with Crippen LogP contribution in [0, 0.1) is 6.92 Å². The van der Waals surface area contributed by atoms with E-state index in [0.29, 0.717) is 0 Å². The molecule has 0 fully saturated rings. The van der Waals surface area contributed by atoms with Crippen molar-refractivity contribution in [1.29, 1.82) is 0 Å². The molecule has 0 aliphatic rings. The number of aromatic nitrogens is 2. The maximum atomic E-state index is 6.28. The molecule has 2 N–H and O–H groups in total. The van der Waals surface area contributed by atoms with E-state index < -0.39 is 0 Å². The van der Waals surface area contributed by atoms with Crippen LogP contribution in [0.1, 0.15) is 38.6 Å². The van der Waals surface area contributed by atoms with E-state index in [1.165, 1.54) is 5.69 Å². The van der Waals surface area contributed by atoms with Crippen molar-refractivity contribution in [2.75, 3.05) is 19.6 Å². The molecule has 1 atom stereocenters. The molecular formula is C14H27BrN4. The van der Waals surface area contributed by atoms with E-state index in [2.05, 4.69) is 51.4 Å². The monoisotopic (exact) mass is 330 g/mol. The van der Waals surface area contributed by atoms with Gasteiger partial charge in [-0.1, -0.05) is 13.8 Å². The van der Waals surface area contributed by atoms with Gasteiger partial charge in [-0.15, -0.1) is 0 Å². The number of rotatable bonds is 8. The van der Waals surface area contributed by atoms with E-state index in [1.54, 1.807) is 0 Å². The smallest absolute Gasteiger partial charge is 0.0738 e. The molecule has 0 aromatic carbocycles. The van der Waals surface area contributed by atoms with Gasteiger partial charge in [0.05, 0.1) is 15.9 Å². The first kappa shape index (κ1) is 16.7. The summed E-state index contributed by atoms with van der Waals surface area (Å²) in [6.07, 6.45) is 1.92. The summed E-state index contributed by atoms with van der Waals surface area (Å²) in [4.78, 5) is 2.41. The topological polar surface area (TPSA) is 47.1 Å². The molecule has 1 aromatic heterocycles. The minimum atomic E-state index is 0.193. The summed E-state index contributed by atoms with van der Waals surface area (Å²) in [6, 6.07) is 0.193. The van der Waals surface area contributed by atoms with Crippen molar-refractivity contribution in [3.05, 3.63) is 15.9 Å². The molecule has 0 saturated carbocycles. The first-order valence-corrected chi connectivity index (χ1v) is 8.02. The Balaban J connectivity index is 2.59. The molecule has 0 spiro atoms. The molecule has 5 heteroatoms. The van der Waals surface area contributed by atoms with Crippen LogP contribution in [0.3, 0.4) is 0 Å². The molecule has 0 amide bonds. The second kappa shape index (κ2) is 8.02. The Kier molecular flexibility index (Phi) is 7.04. The van der Waals surface area contributed by atoms with Gasteiger partial charge in [0, 0.05) is 19.0 Å². The molecule has 0 bridgehead atoms. The predicted molar refractivity (Wildman–Crippen MR) is 84.4 cm³/mol. The van der Waals surface area contributed by atoms with Gasteiger partial charge in [0.1, 0.15) is 0 Å². The zero-order valence-electron chi connectivity index (χ0n) is 12.6. The van der Waals surface area contributed by atoms with Gasteiger partial charge in [-0.05, 0) is 55.8 Å². The van der Waals surface area contributed by atoms with Gasteiger partial charge in [0.15, 0.2) is 0 Å². The van der Waals surface area contributed by atoms with Crippen LogP contribution in [0.2, 0.25) is 0 Å². The molecule has 4 nitrogen and oxygen atoms in total. The number of halogens is 1. The molecule has 1 rings (SSSR count). The van der Waals surface area contributed by atoms with Crippen molar-refractivity contribution in [1.82, 2.24) is 14.7 Å². The third-order valence-electron chi connectivity index (χ3n) is 3.62. The molecule has 0 saturated heterocycles. The highest BCUT2D eigenvalue weighted by Gasteiger charge is 2.15. The summed E-state index contributed by atoms with van der Waals surface area (Å²) in [5.41, 5.74) is 8.55. The normalized spacial score (nSPS) is 13.2. The molecule has 0 aliphatic heterocycles. The Labute approximate surface area is 125 Å². The van der Waals surface area contributed by atoms with Crippen molar-refractivity contribution in [3.8, 4) is 0 Å². The summed E-state index contributed by atoms with van der Waals surface area (Å²) in [7, 11) is 0. The highest BCUT2D eigenvalue weighted by molar-refractivity contribution is 9.10. The lowest BCUT2D eigenvalue weighted by Crippen LogP contribution is -2.32. The van der Waals surface area contributed by atoms with Gasteiger partial charge < -0.3 is 10.6 Å². The fraction of sp³-hybridized carbons (Fsp3) is 0.786. The number of nitrogens with zero attached hydrogens (tertiary/aromatic N) is 3. The largest absolute Gasteiger partial charge is 0.327 e. The lowest BCUT2D eigenvalue weighted by molar-refractivity contribution is 0.289. The Bertz CT molecular complexity index is 385. The van der Waals surface area contributed by atoms with E-state index in [0.717, 1.165) is 49.2 Å². The van der Waals surface area contributed by atoms with Gasteiger partial charge >= 0.3 is 0 Å². The summed E-state index contributed by atoms with van der Waals surface area (Å²) in [6.45, 7) is 12.7. The van der Waals surface area contributed by atoms with Gasteiger partial charge in [-0.2, -0.15) is 5.10 Å². The molecular weight excluding hydrogens is 304 g/mol. The number of nitrogens with two attached hydrogens (primary N) is 1. The van der Waals surface area contributed by atoms with Crippen LogP contribution in [-0.4, -0.2) is 40.4 Å². The van der Waals surface area contributed by atoms with Crippen molar-refractivity contribution in [3.63, 3.8) is 0 Å². The van der Waals surface area contributed by atoms with Gasteiger partial charge in [0.25, 0.3) is 0 Å². The standard InChI is InChI=1S/C14H27BrN4/c1-5-18(6-2)9-8-12(16)10-13-14(15)11(4)17-19(13)7-3/h12H,5-10,16H2,1-4H3. The fourth-order valence-corrected chi connectivity index (χ4v) is 2.75. The Morgan fingerprint density at radius 2 is 1.95 bits per heavy atom. The van der Waals surface area contributed by atoms with Crippen molar-refractivity contribution >= 4 is 15.9 Å². The highest BCUT2D eigenvalue weighted by atomic mass is 79.9. The maximum Gasteiger partial charge on any atom is 0.0738 e. The highest BCUT2D eigenvalue weighted by Crippen LogP contribution is 2.22. The van der Waals surface area contributed by atoms with Crippen LogP contribution in [0.25, 0.3) is 0 Å². The summed E-state index contributed by atoms with van der Waals surface area (Å²) in [5, 5.41) is 4.51. The lowest BCUT2D eigenvalue weighted by atomic mass is 10.1. The lowest BCUT2D eigenvalue weighted by Gasteiger charge is -2.20. The summed E-state index contributed by atoms with van der Waals surface area (Å²) >= 11 is 3.63. The van der Waals surface area contributed by atoms with E-state index >= 15 is 0 Å². The second-order valence-corrected chi connectivity index (χ2v) is 5.73. The second-order valence-electron chi connectivity index (χ2n) is 4.94. The van der Waals surface area contributed by atoms with E-state index in [-0.39, 0.29) is 6.04 Å². The van der Waals surface area contributed by atoms with Crippen LogP contribution in [0.15, 0.2) is 4.47 Å². The van der Waals surface area contributed by atoms with Crippen LogP contribution in [-0.2, 0) is 13.0 Å². The third kappa shape index (κ3) is 4.58. The zero-order chi connectivity index (χ0) is 14.4. The molecule has 0 radical (unpaired) electrons. The van der Waals surface area contributed by atoms with Crippen molar-refractivity contribution in [2.45, 2.75) is 53.1 Å². The average molecular weight is 331 g/mol. The van der Waals surface area contributed by atoms with Gasteiger partial charge in [-0.25, -0.2) is 0 Å².